The predicted molar refractivity (Wildman–Crippen MR) is 66.1 cm³/mol. The Kier molecular flexibility index (Phi) is 4.29. The zero-order valence-electron chi connectivity index (χ0n) is 9.96. The fourth-order valence-electron chi connectivity index (χ4n) is 1.28. The fourth-order valence-corrected chi connectivity index (χ4v) is 1.49. The lowest BCUT2D eigenvalue weighted by atomic mass is 9.89. The number of carboxylic acid groups (broad SMARTS) is 1. The van der Waals surface area contributed by atoms with Crippen LogP contribution in [0, 0.1) is 11.2 Å². The van der Waals surface area contributed by atoms with Crippen LogP contribution in [0.5, 0.6) is 0 Å². The summed E-state index contributed by atoms with van der Waals surface area (Å²) in [5, 5.41) is 11.2. The van der Waals surface area contributed by atoms with Gasteiger partial charge < -0.3 is 10.4 Å². The van der Waals surface area contributed by atoms with Gasteiger partial charge in [-0.3, -0.25) is 9.59 Å². The predicted octanol–water partition coefficient (Wildman–Crippen LogP) is 2.92. The Morgan fingerprint density at radius 3 is 2.56 bits per heavy atom. The molecule has 18 heavy (non-hydrogen) atoms. The van der Waals surface area contributed by atoms with E-state index in [1.807, 2.05) is 0 Å². The van der Waals surface area contributed by atoms with E-state index in [2.05, 4.69) is 5.32 Å². The van der Waals surface area contributed by atoms with Crippen LogP contribution >= 0.6 is 11.6 Å². The van der Waals surface area contributed by atoms with Crippen LogP contribution in [0.2, 0.25) is 5.02 Å². The molecule has 4 nitrogen and oxygen atoms in total. The quantitative estimate of drug-likeness (QED) is 0.886. The lowest BCUT2D eigenvalue weighted by Gasteiger charge is -2.18. The van der Waals surface area contributed by atoms with Crippen LogP contribution in [-0.4, -0.2) is 17.0 Å². The van der Waals surface area contributed by atoms with Crippen LogP contribution in [0.3, 0.4) is 0 Å². The van der Waals surface area contributed by atoms with Gasteiger partial charge in [0.05, 0.1) is 16.1 Å². The van der Waals surface area contributed by atoms with E-state index in [1.54, 1.807) is 0 Å². The van der Waals surface area contributed by atoms with E-state index in [4.69, 9.17) is 16.7 Å². The molecule has 0 heterocycles. The minimum Gasteiger partial charge on any atom is -0.481 e. The van der Waals surface area contributed by atoms with Gasteiger partial charge in [0.2, 0.25) is 5.91 Å². The van der Waals surface area contributed by atoms with Crippen LogP contribution in [0.25, 0.3) is 0 Å². The van der Waals surface area contributed by atoms with E-state index in [1.165, 1.54) is 26.0 Å². The summed E-state index contributed by atoms with van der Waals surface area (Å²) in [6.45, 7) is 2.83. The first kappa shape index (κ1) is 14.4. The normalized spacial score (nSPS) is 11.1. The standard InChI is InChI=1S/C12H13ClFNO3/c1-12(2,11(17)18)6-9(16)15-10-7(13)4-3-5-8(10)14/h3-5H,6H2,1-2H3,(H,15,16)(H,17,18). The molecule has 0 bridgehead atoms. The third-order valence-corrected chi connectivity index (χ3v) is 2.72. The zero-order valence-corrected chi connectivity index (χ0v) is 10.7. The topological polar surface area (TPSA) is 66.4 Å². The molecule has 0 saturated heterocycles. The van der Waals surface area contributed by atoms with Gasteiger partial charge in [0.1, 0.15) is 5.82 Å². The van der Waals surface area contributed by atoms with Gasteiger partial charge >= 0.3 is 5.97 Å². The van der Waals surface area contributed by atoms with Gasteiger partial charge in [-0.05, 0) is 26.0 Å². The third-order valence-electron chi connectivity index (χ3n) is 2.41. The summed E-state index contributed by atoms with van der Waals surface area (Å²) in [5.41, 5.74) is -1.35. The number of nitrogens with one attached hydrogen (secondary N) is 1. The van der Waals surface area contributed by atoms with E-state index in [9.17, 15) is 14.0 Å². The van der Waals surface area contributed by atoms with E-state index in [-0.39, 0.29) is 17.1 Å². The number of carbonyl (C=O) groups excluding carboxylic acids is 1. The summed E-state index contributed by atoms with van der Waals surface area (Å²) in [6.07, 6.45) is -0.271. The molecule has 0 aliphatic rings. The zero-order chi connectivity index (χ0) is 13.9. The van der Waals surface area contributed by atoms with Crippen LogP contribution in [-0.2, 0) is 9.59 Å². The molecule has 0 atom stereocenters. The minimum absolute atomic E-state index is 0.0662. The van der Waals surface area contributed by atoms with E-state index in [0.29, 0.717) is 0 Å². The van der Waals surface area contributed by atoms with Crippen molar-refractivity contribution < 1.29 is 19.1 Å². The van der Waals surface area contributed by atoms with Crippen molar-refractivity contribution in [2.45, 2.75) is 20.3 Å². The van der Waals surface area contributed by atoms with Gasteiger partial charge in [-0.1, -0.05) is 17.7 Å². The highest BCUT2D eigenvalue weighted by molar-refractivity contribution is 6.33. The molecule has 1 aromatic rings. The third kappa shape index (κ3) is 3.43. The van der Waals surface area contributed by atoms with E-state index in [0.717, 1.165) is 6.07 Å². The molecule has 0 fully saturated rings. The van der Waals surface area contributed by atoms with Crippen molar-refractivity contribution in [3.63, 3.8) is 0 Å². The summed E-state index contributed by atoms with van der Waals surface area (Å²) >= 11 is 5.74. The van der Waals surface area contributed by atoms with Gasteiger partial charge in [-0.15, -0.1) is 0 Å². The minimum atomic E-state index is -1.22. The molecule has 98 valence electrons. The number of amides is 1. The second-order valence-corrected chi connectivity index (χ2v) is 4.92. The van der Waals surface area contributed by atoms with Crippen molar-refractivity contribution in [1.29, 1.82) is 0 Å². The molecule has 1 rings (SSSR count). The largest absolute Gasteiger partial charge is 0.481 e. The second-order valence-electron chi connectivity index (χ2n) is 4.51. The van der Waals surface area contributed by atoms with Crippen LogP contribution < -0.4 is 5.32 Å². The number of rotatable bonds is 4. The van der Waals surface area contributed by atoms with Crippen molar-refractivity contribution in [3.8, 4) is 0 Å². The molecule has 0 unspecified atom stereocenters. The van der Waals surface area contributed by atoms with Crippen molar-refractivity contribution in [3.05, 3.63) is 29.0 Å². The summed E-state index contributed by atoms with van der Waals surface area (Å²) in [4.78, 5) is 22.5. The average molecular weight is 274 g/mol. The maximum atomic E-state index is 13.4. The Hall–Kier alpha value is -1.62. The molecular weight excluding hydrogens is 261 g/mol. The van der Waals surface area contributed by atoms with Crippen molar-refractivity contribution >= 4 is 29.2 Å². The molecular formula is C12H13ClFNO3. The molecule has 0 aliphatic carbocycles. The number of para-hydroxylation sites is 1. The van der Waals surface area contributed by atoms with Gasteiger partial charge in [0.25, 0.3) is 0 Å². The molecule has 6 heteroatoms. The van der Waals surface area contributed by atoms with Gasteiger partial charge in [0, 0.05) is 6.42 Å². The molecule has 0 saturated carbocycles. The Balaban J connectivity index is 2.80. The number of benzene rings is 1. The average Bonchev–Trinajstić information content (AvgIpc) is 2.22. The number of aliphatic carboxylic acids is 1. The first-order valence-electron chi connectivity index (χ1n) is 5.21. The van der Waals surface area contributed by atoms with Gasteiger partial charge in [0.15, 0.2) is 0 Å². The Labute approximate surface area is 109 Å². The Bertz CT molecular complexity index is 468. The Morgan fingerprint density at radius 2 is 2.06 bits per heavy atom. The van der Waals surface area contributed by atoms with Crippen LogP contribution in [0.4, 0.5) is 10.1 Å². The van der Waals surface area contributed by atoms with Gasteiger partial charge in [-0.25, -0.2) is 4.39 Å². The van der Waals surface area contributed by atoms with Crippen molar-refractivity contribution in [2.75, 3.05) is 5.32 Å². The fraction of sp³-hybridized carbons (Fsp3) is 0.333. The molecule has 1 aromatic carbocycles. The second kappa shape index (κ2) is 5.35. The summed E-state index contributed by atoms with van der Waals surface area (Å²) < 4.78 is 13.4. The highest BCUT2D eigenvalue weighted by Crippen LogP contribution is 2.26. The first-order valence-corrected chi connectivity index (χ1v) is 5.59. The van der Waals surface area contributed by atoms with Crippen LogP contribution in [0.1, 0.15) is 20.3 Å². The first-order chi connectivity index (χ1) is 8.24. The monoisotopic (exact) mass is 273 g/mol. The lowest BCUT2D eigenvalue weighted by Crippen LogP contribution is -2.29. The summed E-state index contributed by atoms with van der Waals surface area (Å²) in [6, 6.07) is 4.00. The Morgan fingerprint density at radius 1 is 1.44 bits per heavy atom. The number of halogens is 2. The molecule has 0 aromatic heterocycles. The number of anilines is 1. The smallest absolute Gasteiger partial charge is 0.309 e. The summed E-state index contributed by atoms with van der Waals surface area (Å²) in [7, 11) is 0. The van der Waals surface area contributed by atoms with Gasteiger partial charge in [-0.2, -0.15) is 0 Å². The summed E-state index contributed by atoms with van der Waals surface area (Å²) in [5.74, 6) is -2.37. The molecule has 1 amide bonds. The SMILES string of the molecule is CC(C)(CC(=O)Nc1c(F)cccc1Cl)C(=O)O. The van der Waals surface area contributed by atoms with E-state index >= 15 is 0 Å². The molecule has 0 aliphatic heterocycles. The highest BCUT2D eigenvalue weighted by atomic mass is 35.5. The highest BCUT2D eigenvalue weighted by Gasteiger charge is 2.30. The van der Waals surface area contributed by atoms with Crippen LogP contribution in [0.15, 0.2) is 18.2 Å². The molecule has 0 spiro atoms. The van der Waals surface area contributed by atoms with E-state index < -0.39 is 23.1 Å². The number of carboxylic acids is 1. The number of hydrogen-bond donors (Lipinski definition) is 2. The maximum absolute atomic E-state index is 13.4. The maximum Gasteiger partial charge on any atom is 0.309 e. The van der Waals surface area contributed by atoms with Crippen molar-refractivity contribution in [2.24, 2.45) is 5.41 Å². The number of hydrogen-bond acceptors (Lipinski definition) is 2. The molecule has 0 radical (unpaired) electrons. The lowest BCUT2D eigenvalue weighted by molar-refractivity contribution is -0.148. The van der Waals surface area contributed by atoms with Crippen molar-refractivity contribution in [1.82, 2.24) is 0 Å². The number of carbonyl (C=O) groups is 2. The molecule has 2 N–H and O–H groups in total.